The molecule has 1 saturated heterocycles. The summed E-state index contributed by atoms with van der Waals surface area (Å²) in [6.07, 6.45) is 6.20. The van der Waals surface area contributed by atoms with Gasteiger partial charge in [-0.3, -0.25) is 0 Å². The highest BCUT2D eigenvalue weighted by Gasteiger charge is 2.30. The van der Waals surface area contributed by atoms with Crippen molar-refractivity contribution in [2.75, 3.05) is 13.1 Å². The Morgan fingerprint density at radius 1 is 1.28 bits per heavy atom. The highest BCUT2D eigenvalue weighted by Crippen LogP contribution is 2.39. The quantitative estimate of drug-likeness (QED) is 0.914. The van der Waals surface area contributed by atoms with Gasteiger partial charge < -0.3 is 5.32 Å². The summed E-state index contributed by atoms with van der Waals surface area (Å²) >= 11 is 1.71. The van der Waals surface area contributed by atoms with E-state index in [9.17, 15) is 0 Å². The fourth-order valence-corrected chi connectivity index (χ4v) is 3.65. The predicted octanol–water partition coefficient (Wildman–Crippen LogP) is 1.61. The van der Waals surface area contributed by atoms with Gasteiger partial charge in [0.15, 0.2) is 5.82 Å². The van der Waals surface area contributed by atoms with Crippen molar-refractivity contribution in [2.24, 2.45) is 5.92 Å². The van der Waals surface area contributed by atoms with Crippen LogP contribution >= 0.6 is 11.3 Å². The van der Waals surface area contributed by atoms with Crippen molar-refractivity contribution >= 4 is 16.3 Å². The Hall–Kier alpha value is -1.01. The van der Waals surface area contributed by atoms with E-state index in [4.69, 9.17) is 5.10 Å². The van der Waals surface area contributed by atoms with Crippen LogP contribution in [0.4, 0.5) is 0 Å². The highest BCUT2D eigenvalue weighted by atomic mass is 32.1. The molecule has 1 saturated carbocycles. The molecule has 2 aromatic rings. The zero-order chi connectivity index (χ0) is 11.9. The summed E-state index contributed by atoms with van der Waals surface area (Å²) in [6, 6.07) is 0. The average molecular weight is 263 g/mol. The second kappa shape index (κ2) is 4.28. The summed E-state index contributed by atoms with van der Waals surface area (Å²) in [5.41, 5.74) is 0. The van der Waals surface area contributed by atoms with Gasteiger partial charge in [0.25, 0.3) is 0 Å². The summed E-state index contributed by atoms with van der Waals surface area (Å²) in [4.78, 5) is 0.968. The minimum atomic E-state index is 0.617. The second-order valence-corrected chi connectivity index (χ2v) is 6.48. The lowest BCUT2D eigenvalue weighted by atomic mass is 9.97. The molecule has 1 aliphatic heterocycles. The molecule has 1 unspecified atom stereocenters. The monoisotopic (exact) mass is 263 g/mol. The minimum absolute atomic E-state index is 0.617. The zero-order valence-electron chi connectivity index (χ0n) is 10.3. The molecule has 1 aliphatic carbocycles. The Balaban J connectivity index is 1.57. The van der Waals surface area contributed by atoms with E-state index in [2.05, 4.69) is 15.5 Å². The Bertz CT molecular complexity index is 550. The Labute approximate surface area is 110 Å². The molecule has 5 nitrogen and oxygen atoms in total. The van der Waals surface area contributed by atoms with Crippen molar-refractivity contribution < 1.29 is 0 Å². The standard InChI is InChI=1S/C12H17N5S/c1-2-8(7-13-5-1)6-10-16-17-11(9-3-4-9)14-15-12(17)18-10/h8-9,13H,1-7H2. The molecule has 3 heterocycles. The van der Waals surface area contributed by atoms with Gasteiger partial charge in [-0.05, 0) is 44.7 Å². The Morgan fingerprint density at radius 2 is 2.22 bits per heavy atom. The first-order valence-corrected chi connectivity index (χ1v) is 7.63. The van der Waals surface area contributed by atoms with Gasteiger partial charge in [-0.25, -0.2) is 0 Å². The number of rotatable bonds is 3. The van der Waals surface area contributed by atoms with E-state index in [1.807, 2.05) is 4.52 Å². The molecule has 96 valence electrons. The van der Waals surface area contributed by atoms with Gasteiger partial charge in [-0.1, -0.05) is 11.3 Å². The summed E-state index contributed by atoms with van der Waals surface area (Å²) in [7, 11) is 0. The van der Waals surface area contributed by atoms with Gasteiger partial charge in [0.2, 0.25) is 4.96 Å². The lowest BCUT2D eigenvalue weighted by Gasteiger charge is -2.21. The van der Waals surface area contributed by atoms with Crippen molar-refractivity contribution in [3.05, 3.63) is 10.8 Å². The molecule has 2 aromatic heterocycles. The van der Waals surface area contributed by atoms with E-state index in [0.29, 0.717) is 5.92 Å². The fourth-order valence-electron chi connectivity index (χ4n) is 2.70. The topological polar surface area (TPSA) is 55.1 Å². The van der Waals surface area contributed by atoms with Crippen LogP contribution in [0.15, 0.2) is 0 Å². The molecule has 18 heavy (non-hydrogen) atoms. The van der Waals surface area contributed by atoms with Crippen LogP contribution in [-0.2, 0) is 6.42 Å². The smallest absolute Gasteiger partial charge is 0.234 e. The molecular formula is C12H17N5S. The van der Waals surface area contributed by atoms with Gasteiger partial charge in [-0.2, -0.15) is 9.61 Å². The summed E-state index contributed by atoms with van der Waals surface area (Å²) in [6.45, 7) is 2.31. The molecule has 0 amide bonds. The number of aromatic nitrogens is 4. The van der Waals surface area contributed by atoms with Crippen molar-refractivity contribution in [1.82, 2.24) is 25.1 Å². The molecule has 0 radical (unpaired) electrons. The van der Waals surface area contributed by atoms with Gasteiger partial charge in [0.1, 0.15) is 5.01 Å². The first-order chi connectivity index (χ1) is 8.90. The number of hydrogen-bond donors (Lipinski definition) is 1. The number of hydrogen-bond acceptors (Lipinski definition) is 5. The fraction of sp³-hybridized carbons (Fsp3) is 0.750. The maximum atomic E-state index is 4.71. The van der Waals surface area contributed by atoms with Crippen LogP contribution in [0, 0.1) is 5.92 Å². The Kier molecular flexibility index (Phi) is 2.58. The predicted molar refractivity (Wildman–Crippen MR) is 69.9 cm³/mol. The number of piperidine rings is 1. The maximum absolute atomic E-state index is 4.71. The summed E-state index contributed by atoms with van der Waals surface area (Å²) in [5.74, 6) is 2.44. The molecule has 0 bridgehead atoms. The molecule has 0 aromatic carbocycles. The van der Waals surface area contributed by atoms with E-state index < -0.39 is 0 Å². The van der Waals surface area contributed by atoms with Crippen LogP contribution < -0.4 is 5.32 Å². The van der Waals surface area contributed by atoms with E-state index >= 15 is 0 Å². The summed E-state index contributed by atoms with van der Waals surface area (Å²) in [5, 5.41) is 17.9. The van der Waals surface area contributed by atoms with Crippen molar-refractivity contribution in [2.45, 2.75) is 38.0 Å². The average Bonchev–Trinajstić information content (AvgIpc) is 3.03. The third kappa shape index (κ3) is 1.93. The first kappa shape index (κ1) is 10.9. The third-order valence-electron chi connectivity index (χ3n) is 3.86. The van der Waals surface area contributed by atoms with Gasteiger partial charge in [0, 0.05) is 12.3 Å². The lowest BCUT2D eigenvalue weighted by molar-refractivity contribution is 0.375. The van der Waals surface area contributed by atoms with E-state index in [0.717, 1.165) is 29.7 Å². The number of nitrogens with one attached hydrogen (secondary N) is 1. The van der Waals surface area contributed by atoms with Crippen LogP contribution in [0.2, 0.25) is 0 Å². The van der Waals surface area contributed by atoms with Gasteiger partial charge in [-0.15, -0.1) is 10.2 Å². The molecule has 2 aliphatic rings. The third-order valence-corrected chi connectivity index (χ3v) is 4.78. The second-order valence-electron chi connectivity index (χ2n) is 5.44. The van der Waals surface area contributed by atoms with Crippen LogP contribution in [0.25, 0.3) is 4.96 Å². The maximum Gasteiger partial charge on any atom is 0.234 e. The van der Waals surface area contributed by atoms with Gasteiger partial charge in [0.05, 0.1) is 0 Å². The van der Waals surface area contributed by atoms with Crippen LogP contribution in [0.3, 0.4) is 0 Å². The largest absolute Gasteiger partial charge is 0.316 e. The highest BCUT2D eigenvalue weighted by molar-refractivity contribution is 7.16. The van der Waals surface area contributed by atoms with Crippen LogP contribution in [0.1, 0.15) is 42.4 Å². The minimum Gasteiger partial charge on any atom is -0.316 e. The molecular weight excluding hydrogens is 246 g/mol. The molecule has 1 atom stereocenters. The van der Waals surface area contributed by atoms with Crippen molar-refractivity contribution in [3.8, 4) is 0 Å². The van der Waals surface area contributed by atoms with E-state index in [-0.39, 0.29) is 0 Å². The molecule has 2 fully saturated rings. The van der Waals surface area contributed by atoms with Crippen LogP contribution in [-0.4, -0.2) is 32.9 Å². The van der Waals surface area contributed by atoms with E-state index in [1.165, 1.54) is 37.2 Å². The molecule has 1 N–H and O–H groups in total. The molecule has 4 rings (SSSR count). The molecule has 6 heteroatoms. The SMILES string of the molecule is C1CNCC(Cc2nn3c(C4CC4)nnc3s2)C1. The normalized spacial score (nSPS) is 24.8. The Morgan fingerprint density at radius 3 is 3.00 bits per heavy atom. The number of nitrogens with zero attached hydrogens (tertiary/aromatic N) is 4. The number of fused-ring (bicyclic) bond motifs is 1. The van der Waals surface area contributed by atoms with Crippen molar-refractivity contribution in [1.29, 1.82) is 0 Å². The van der Waals surface area contributed by atoms with Gasteiger partial charge >= 0.3 is 0 Å². The first-order valence-electron chi connectivity index (χ1n) is 6.82. The zero-order valence-corrected chi connectivity index (χ0v) is 11.1. The molecule has 0 spiro atoms. The van der Waals surface area contributed by atoms with Crippen LogP contribution in [0.5, 0.6) is 0 Å². The van der Waals surface area contributed by atoms with Crippen molar-refractivity contribution in [3.63, 3.8) is 0 Å². The lowest BCUT2D eigenvalue weighted by Crippen LogP contribution is -2.30. The van der Waals surface area contributed by atoms with E-state index in [1.54, 1.807) is 11.3 Å². The summed E-state index contributed by atoms with van der Waals surface area (Å²) < 4.78 is 1.98.